The summed E-state index contributed by atoms with van der Waals surface area (Å²) in [7, 11) is 1.49. The molecule has 1 rings (SSSR count). The highest BCUT2D eigenvalue weighted by atomic mass is 19.1. The summed E-state index contributed by atoms with van der Waals surface area (Å²) in [5.41, 5.74) is 0.679. The summed E-state index contributed by atoms with van der Waals surface area (Å²) in [6.45, 7) is 4.08. The number of halogens is 1. The molecule has 1 aromatic carbocycles. The number of amides is 1. The van der Waals surface area contributed by atoms with Gasteiger partial charge in [-0.3, -0.25) is 4.79 Å². The molecule has 0 fully saturated rings. The molecule has 0 aliphatic rings. The Bertz CT molecular complexity index is 351. The van der Waals surface area contributed by atoms with Crippen molar-refractivity contribution >= 4 is 11.6 Å². The predicted molar refractivity (Wildman–Crippen MR) is 60.9 cm³/mol. The van der Waals surface area contributed by atoms with Gasteiger partial charge in [0, 0.05) is 19.3 Å². The fraction of sp³-hybridized carbons (Fsp3) is 0.417. The van der Waals surface area contributed by atoms with Crippen molar-refractivity contribution in [1.82, 2.24) is 0 Å². The normalized spacial score (nSPS) is 12.2. The fourth-order valence-electron chi connectivity index (χ4n) is 1.41. The Balaban J connectivity index is 2.90. The number of hydrogen-bond donors (Lipinski definition) is 0. The van der Waals surface area contributed by atoms with Gasteiger partial charge in [-0.15, -0.1) is 0 Å². The molecule has 0 radical (unpaired) electrons. The van der Waals surface area contributed by atoms with E-state index < -0.39 is 6.10 Å². The van der Waals surface area contributed by atoms with Gasteiger partial charge in [0.2, 0.25) is 0 Å². The summed E-state index contributed by atoms with van der Waals surface area (Å²) >= 11 is 0. The van der Waals surface area contributed by atoms with Crippen LogP contribution in [0.5, 0.6) is 0 Å². The molecule has 0 bridgehead atoms. The standard InChI is InChI=1S/C12H16FNO2/c1-4-14(12(15)9(2)16-3)11-7-5-10(13)6-8-11/h5-9H,4H2,1-3H3. The Morgan fingerprint density at radius 2 is 2.00 bits per heavy atom. The van der Waals surface area contributed by atoms with Crippen molar-refractivity contribution in [3.05, 3.63) is 30.1 Å². The summed E-state index contributed by atoms with van der Waals surface area (Å²) in [5.74, 6) is -0.441. The van der Waals surface area contributed by atoms with E-state index in [-0.39, 0.29) is 11.7 Å². The third-order valence-corrected chi connectivity index (χ3v) is 2.42. The van der Waals surface area contributed by atoms with Gasteiger partial charge in [-0.2, -0.15) is 0 Å². The van der Waals surface area contributed by atoms with Crippen LogP contribution in [-0.2, 0) is 9.53 Å². The summed E-state index contributed by atoms with van der Waals surface area (Å²) < 4.78 is 17.7. The average molecular weight is 225 g/mol. The van der Waals surface area contributed by atoms with Crippen LogP contribution in [0.2, 0.25) is 0 Å². The number of hydrogen-bond acceptors (Lipinski definition) is 2. The maximum atomic E-state index is 12.8. The van der Waals surface area contributed by atoms with Crippen molar-refractivity contribution in [2.75, 3.05) is 18.6 Å². The smallest absolute Gasteiger partial charge is 0.255 e. The van der Waals surface area contributed by atoms with Gasteiger partial charge >= 0.3 is 0 Å². The lowest BCUT2D eigenvalue weighted by Gasteiger charge is -2.23. The molecule has 0 N–H and O–H groups in total. The number of carbonyl (C=O) groups is 1. The number of nitrogens with zero attached hydrogens (tertiary/aromatic N) is 1. The van der Waals surface area contributed by atoms with E-state index in [1.54, 1.807) is 24.0 Å². The SMILES string of the molecule is CCN(C(=O)C(C)OC)c1ccc(F)cc1. The van der Waals surface area contributed by atoms with Gasteiger partial charge in [-0.1, -0.05) is 0 Å². The maximum Gasteiger partial charge on any atom is 0.255 e. The van der Waals surface area contributed by atoms with E-state index in [1.165, 1.54) is 19.2 Å². The van der Waals surface area contributed by atoms with Crippen molar-refractivity contribution in [2.24, 2.45) is 0 Å². The Labute approximate surface area is 94.8 Å². The van der Waals surface area contributed by atoms with E-state index >= 15 is 0 Å². The van der Waals surface area contributed by atoms with Gasteiger partial charge in [-0.05, 0) is 38.1 Å². The number of benzene rings is 1. The minimum absolute atomic E-state index is 0.128. The van der Waals surface area contributed by atoms with Crippen LogP contribution in [0.25, 0.3) is 0 Å². The molecule has 0 heterocycles. The number of rotatable bonds is 4. The number of carbonyl (C=O) groups excluding carboxylic acids is 1. The minimum Gasteiger partial charge on any atom is -0.372 e. The number of ether oxygens (including phenoxy) is 1. The second-order valence-electron chi connectivity index (χ2n) is 3.44. The van der Waals surface area contributed by atoms with Crippen LogP contribution in [0.3, 0.4) is 0 Å². The van der Waals surface area contributed by atoms with Crippen LogP contribution in [0.1, 0.15) is 13.8 Å². The molecule has 0 aromatic heterocycles. The van der Waals surface area contributed by atoms with Crippen molar-refractivity contribution < 1.29 is 13.9 Å². The molecular formula is C12H16FNO2. The molecule has 0 spiro atoms. The van der Waals surface area contributed by atoms with Crippen molar-refractivity contribution in [3.63, 3.8) is 0 Å². The molecule has 0 saturated heterocycles. The van der Waals surface area contributed by atoms with Gasteiger partial charge in [0.25, 0.3) is 5.91 Å². The minimum atomic E-state index is -0.495. The van der Waals surface area contributed by atoms with E-state index in [0.29, 0.717) is 12.2 Å². The lowest BCUT2D eigenvalue weighted by atomic mass is 10.2. The lowest BCUT2D eigenvalue weighted by Crippen LogP contribution is -2.38. The molecule has 3 nitrogen and oxygen atoms in total. The van der Waals surface area contributed by atoms with Gasteiger partial charge in [-0.25, -0.2) is 4.39 Å². The van der Waals surface area contributed by atoms with E-state index in [1.807, 2.05) is 6.92 Å². The lowest BCUT2D eigenvalue weighted by molar-refractivity contribution is -0.127. The maximum absolute atomic E-state index is 12.8. The number of anilines is 1. The zero-order valence-electron chi connectivity index (χ0n) is 9.74. The van der Waals surface area contributed by atoms with Gasteiger partial charge < -0.3 is 9.64 Å². The first-order chi connectivity index (χ1) is 7.60. The van der Waals surface area contributed by atoms with Crippen LogP contribution in [0.4, 0.5) is 10.1 Å². The second kappa shape index (κ2) is 5.61. The van der Waals surface area contributed by atoms with Gasteiger partial charge in [0.1, 0.15) is 11.9 Å². The summed E-state index contributed by atoms with van der Waals surface area (Å²) in [5, 5.41) is 0. The Morgan fingerprint density at radius 3 is 2.44 bits per heavy atom. The highest BCUT2D eigenvalue weighted by Crippen LogP contribution is 2.16. The monoisotopic (exact) mass is 225 g/mol. The van der Waals surface area contributed by atoms with E-state index in [9.17, 15) is 9.18 Å². The van der Waals surface area contributed by atoms with Crippen molar-refractivity contribution in [3.8, 4) is 0 Å². The first kappa shape index (κ1) is 12.6. The number of methoxy groups -OCH3 is 1. The molecule has 88 valence electrons. The van der Waals surface area contributed by atoms with Crippen LogP contribution < -0.4 is 4.90 Å². The van der Waals surface area contributed by atoms with Crippen LogP contribution in [0.15, 0.2) is 24.3 Å². The summed E-state index contributed by atoms with van der Waals surface area (Å²) in [6, 6.07) is 5.84. The largest absolute Gasteiger partial charge is 0.372 e. The van der Waals surface area contributed by atoms with Gasteiger partial charge in [0.15, 0.2) is 0 Å². The highest BCUT2D eigenvalue weighted by Gasteiger charge is 2.19. The number of likely N-dealkylation sites (N-methyl/N-ethyl adjacent to an activating group) is 1. The van der Waals surface area contributed by atoms with Crippen LogP contribution in [0, 0.1) is 5.82 Å². The third kappa shape index (κ3) is 2.79. The molecule has 1 unspecified atom stereocenters. The Morgan fingerprint density at radius 1 is 1.44 bits per heavy atom. The zero-order valence-corrected chi connectivity index (χ0v) is 9.74. The molecule has 1 amide bonds. The Hall–Kier alpha value is -1.42. The van der Waals surface area contributed by atoms with E-state index in [0.717, 1.165) is 0 Å². The van der Waals surface area contributed by atoms with Gasteiger partial charge in [0.05, 0.1) is 0 Å². The topological polar surface area (TPSA) is 29.5 Å². The second-order valence-corrected chi connectivity index (χ2v) is 3.44. The van der Waals surface area contributed by atoms with E-state index in [4.69, 9.17) is 4.74 Å². The van der Waals surface area contributed by atoms with E-state index in [2.05, 4.69) is 0 Å². The van der Waals surface area contributed by atoms with Crippen molar-refractivity contribution in [2.45, 2.75) is 20.0 Å². The summed E-state index contributed by atoms with van der Waals surface area (Å²) in [6.07, 6.45) is -0.495. The average Bonchev–Trinajstić information content (AvgIpc) is 2.31. The predicted octanol–water partition coefficient (Wildman–Crippen LogP) is 2.21. The zero-order chi connectivity index (χ0) is 12.1. The van der Waals surface area contributed by atoms with Crippen molar-refractivity contribution in [1.29, 1.82) is 0 Å². The molecule has 0 aliphatic carbocycles. The molecule has 4 heteroatoms. The molecule has 1 aromatic rings. The first-order valence-electron chi connectivity index (χ1n) is 5.19. The molecule has 1 atom stereocenters. The van der Waals surface area contributed by atoms with Crippen LogP contribution in [-0.4, -0.2) is 25.7 Å². The summed E-state index contributed by atoms with van der Waals surface area (Å²) in [4.78, 5) is 13.5. The highest BCUT2D eigenvalue weighted by molar-refractivity contribution is 5.96. The molecule has 0 aliphatic heterocycles. The molecule has 0 saturated carbocycles. The fourth-order valence-corrected chi connectivity index (χ4v) is 1.41. The third-order valence-electron chi connectivity index (χ3n) is 2.42. The molecule has 16 heavy (non-hydrogen) atoms. The molecular weight excluding hydrogens is 209 g/mol. The quantitative estimate of drug-likeness (QED) is 0.786. The first-order valence-corrected chi connectivity index (χ1v) is 5.19. The Kier molecular flexibility index (Phi) is 4.43. The van der Waals surface area contributed by atoms with Crippen LogP contribution >= 0.6 is 0 Å².